The summed E-state index contributed by atoms with van der Waals surface area (Å²) in [5.41, 5.74) is 6.95. The van der Waals surface area contributed by atoms with E-state index < -0.39 is 5.82 Å². The van der Waals surface area contributed by atoms with E-state index in [1.807, 2.05) is 13.0 Å². The normalized spacial score (nSPS) is 25.7. The molecule has 15 heavy (non-hydrogen) atoms. The van der Waals surface area contributed by atoms with E-state index >= 15 is 0 Å². The minimum absolute atomic E-state index is 0.128. The van der Waals surface area contributed by atoms with Gasteiger partial charge in [0.05, 0.1) is 5.56 Å². The molecule has 1 aromatic carbocycles. The molecule has 1 saturated carbocycles. The first-order valence-corrected chi connectivity index (χ1v) is 5.08. The monoisotopic (exact) mass is 204 g/mol. The maximum atomic E-state index is 13.1. The standard InChI is InChI=1S/C12H13FN2/c1-7(15)10-5-11(10)8-2-3-12(13)9(4-8)6-14/h2-4,7,10-11H,5,15H2,1H3. The topological polar surface area (TPSA) is 49.8 Å². The lowest BCUT2D eigenvalue weighted by molar-refractivity contribution is 0.618. The molecule has 0 heterocycles. The molecular weight excluding hydrogens is 191 g/mol. The molecule has 0 spiro atoms. The highest BCUT2D eigenvalue weighted by Crippen LogP contribution is 2.49. The highest BCUT2D eigenvalue weighted by molar-refractivity contribution is 5.38. The van der Waals surface area contributed by atoms with Crippen LogP contribution in [-0.2, 0) is 0 Å². The average Bonchev–Trinajstić information content (AvgIpc) is 2.98. The molecule has 2 rings (SSSR count). The molecular formula is C12H13FN2. The molecule has 2 N–H and O–H groups in total. The van der Waals surface area contributed by atoms with Crippen molar-refractivity contribution in [1.82, 2.24) is 0 Å². The zero-order valence-electron chi connectivity index (χ0n) is 8.57. The van der Waals surface area contributed by atoms with E-state index in [9.17, 15) is 4.39 Å². The van der Waals surface area contributed by atoms with E-state index in [1.165, 1.54) is 6.07 Å². The van der Waals surface area contributed by atoms with Crippen molar-refractivity contribution < 1.29 is 4.39 Å². The van der Waals surface area contributed by atoms with E-state index in [-0.39, 0.29) is 11.6 Å². The van der Waals surface area contributed by atoms with Crippen molar-refractivity contribution in [2.75, 3.05) is 0 Å². The number of nitrogens with zero attached hydrogens (tertiary/aromatic N) is 1. The fourth-order valence-electron chi connectivity index (χ4n) is 2.04. The van der Waals surface area contributed by atoms with Gasteiger partial charge in [-0.05, 0) is 42.9 Å². The summed E-state index contributed by atoms with van der Waals surface area (Å²) in [4.78, 5) is 0. The van der Waals surface area contributed by atoms with Crippen molar-refractivity contribution in [3.05, 3.63) is 35.1 Å². The molecule has 1 aliphatic rings. The Balaban J connectivity index is 2.22. The molecule has 0 amide bonds. The largest absolute Gasteiger partial charge is 0.328 e. The summed E-state index contributed by atoms with van der Waals surface area (Å²) in [5, 5.41) is 8.71. The Hall–Kier alpha value is -1.40. The zero-order valence-corrected chi connectivity index (χ0v) is 8.57. The molecule has 0 saturated heterocycles. The molecule has 1 fully saturated rings. The third-order valence-corrected chi connectivity index (χ3v) is 3.05. The average molecular weight is 204 g/mol. The second-order valence-corrected chi connectivity index (χ2v) is 4.22. The lowest BCUT2D eigenvalue weighted by Gasteiger charge is -2.04. The van der Waals surface area contributed by atoms with Crippen LogP contribution in [-0.4, -0.2) is 6.04 Å². The summed E-state index contributed by atoms with van der Waals surface area (Å²) in [5.74, 6) is 0.457. The van der Waals surface area contributed by atoms with Gasteiger partial charge in [-0.15, -0.1) is 0 Å². The summed E-state index contributed by atoms with van der Waals surface area (Å²) in [7, 11) is 0. The smallest absolute Gasteiger partial charge is 0.140 e. The molecule has 3 unspecified atom stereocenters. The summed E-state index contributed by atoms with van der Waals surface area (Å²) < 4.78 is 13.1. The first kappa shape index (κ1) is 10.1. The van der Waals surface area contributed by atoms with Gasteiger partial charge in [0.2, 0.25) is 0 Å². The van der Waals surface area contributed by atoms with Crippen molar-refractivity contribution in [2.45, 2.75) is 25.3 Å². The summed E-state index contributed by atoms with van der Waals surface area (Å²) in [6, 6.07) is 6.79. The minimum atomic E-state index is -0.445. The van der Waals surface area contributed by atoms with Crippen LogP contribution < -0.4 is 5.73 Å². The molecule has 0 aromatic heterocycles. The van der Waals surface area contributed by atoms with Gasteiger partial charge in [0.1, 0.15) is 11.9 Å². The van der Waals surface area contributed by atoms with Gasteiger partial charge >= 0.3 is 0 Å². The van der Waals surface area contributed by atoms with E-state index in [0.29, 0.717) is 11.8 Å². The molecule has 78 valence electrons. The van der Waals surface area contributed by atoms with Crippen molar-refractivity contribution in [1.29, 1.82) is 5.26 Å². The highest BCUT2D eigenvalue weighted by atomic mass is 19.1. The highest BCUT2D eigenvalue weighted by Gasteiger charge is 2.40. The maximum absolute atomic E-state index is 13.1. The first-order valence-electron chi connectivity index (χ1n) is 5.08. The van der Waals surface area contributed by atoms with Gasteiger partial charge in [0.15, 0.2) is 0 Å². The molecule has 0 bridgehead atoms. The van der Waals surface area contributed by atoms with Crippen LogP contribution >= 0.6 is 0 Å². The van der Waals surface area contributed by atoms with Crippen LogP contribution in [0.1, 0.15) is 30.4 Å². The lowest BCUT2D eigenvalue weighted by Crippen LogP contribution is -2.17. The van der Waals surface area contributed by atoms with E-state index in [4.69, 9.17) is 11.0 Å². The van der Waals surface area contributed by atoms with Crippen molar-refractivity contribution in [3.63, 3.8) is 0 Å². The van der Waals surface area contributed by atoms with Gasteiger partial charge in [-0.3, -0.25) is 0 Å². The predicted molar refractivity (Wildman–Crippen MR) is 55.6 cm³/mol. The fraction of sp³-hybridized carbons (Fsp3) is 0.417. The Bertz CT molecular complexity index is 420. The summed E-state index contributed by atoms with van der Waals surface area (Å²) in [6.45, 7) is 1.99. The van der Waals surface area contributed by atoms with Crippen LogP contribution in [0.5, 0.6) is 0 Å². The van der Waals surface area contributed by atoms with Crippen molar-refractivity contribution in [3.8, 4) is 6.07 Å². The van der Waals surface area contributed by atoms with Crippen molar-refractivity contribution >= 4 is 0 Å². The molecule has 0 radical (unpaired) electrons. The van der Waals surface area contributed by atoms with Gasteiger partial charge in [-0.1, -0.05) is 6.07 Å². The van der Waals surface area contributed by atoms with Gasteiger partial charge in [0, 0.05) is 6.04 Å². The zero-order chi connectivity index (χ0) is 11.0. The first-order chi connectivity index (χ1) is 7.13. The Kier molecular flexibility index (Phi) is 2.45. The number of rotatable bonds is 2. The summed E-state index contributed by atoms with van der Waals surface area (Å²) >= 11 is 0. The Morgan fingerprint density at radius 1 is 1.60 bits per heavy atom. The molecule has 3 atom stereocenters. The van der Waals surface area contributed by atoms with E-state index in [2.05, 4.69) is 0 Å². The quantitative estimate of drug-likeness (QED) is 0.802. The van der Waals surface area contributed by atoms with Gasteiger partial charge < -0.3 is 5.73 Å². The third-order valence-electron chi connectivity index (χ3n) is 3.05. The van der Waals surface area contributed by atoms with Crippen LogP contribution in [0.25, 0.3) is 0 Å². The summed E-state index contributed by atoms with van der Waals surface area (Å²) in [6.07, 6.45) is 1.05. The SMILES string of the molecule is CC(N)C1CC1c1ccc(F)c(C#N)c1. The number of hydrogen-bond acceptors (Lipinski definition) is 2. The minimum Gasteiger partial charge on any atom is -0.328 e. The predicted octanol–water partition coefficient (Wildman–Crippen LogP) is 2.15. The molecule has 3 heteroatoms. The van der Waals surface area contributed by atoms with Crippen molar-refractivity contribution in [2.24, 2.45) is 11.7 Å². The number of nitrogens with two attached hydrogens (primary N) is 1. The second kappa shape index (κ2) is 3.63. The van der Waals surface area contributed by atoms with Gasteiger partial charge in [-0.2, -0.15) is 5.26 Å². The number of benzene rings is 1. The molecule has 1 aliphatic carbocycles. The Morgan fingerprint density at radius 3 is 2.87 bits per heavy atom. The second-order valence-electron chi connectivity index (χ2n) is 4.22. The van der Waals surface area contributed by atoms with Gasteiger partial charge in [0.25, 0.3) is 0 Å². The van der Waals surface area contributed by atoms with Gasteiger partial charge in [-0.25, -0.2) is 4.39 Å². The van der Waals surface area contributed by atoms with Crippen LogP contribution in [0.4, 0.5) is 4.39 Å². The van der Waals surface area contributed by atoms with E-state index in [0.717, 1.165) is 12.0 Å². The van der Waals surface area contributed by atoms with Crippen LogP contribution in [0.15, 0.2) is 18.2 Å². The van der Waals surface area contributed by atoms with Crippen LogP contribution in [0.2, 0.25) is 0 Å². The number of nitriles is 1. The Labute approximate surface area is 88.5 Å². The number of halogens is 1. The Morgan fingerprint density at radius 2 is 2.33 bits per heavy atom. The molecule has 2 nitrogen and oxygen atoms in total. The fourth-order valence-corrected chi connectivity index (χ4v) is 2.04. The lowest BCUT2D eigenvalue weighted by atomic mass is 10.0. The van der Waals surface area contributed by atoms with Crippen LogP contribution in [0.3, 0.4) is 0 Å². The maximum Gasteiger partial charge on any atom is 0.140 e. The third kappa shape index (κ3) is 1.86. The number of hydrogen-bond donors (Lipinski definition) is 1. The molecule has 1 aromatic rings. The molecule has 0 aliphatic heterocycles. The van der Waals surface area contributed by atoms with E-state index in [1.54, 1.807) is 12.1 Å². The van der Waals surface area contributed by atoms with Crippen LogP contribution in [0, 0.1) is 23.1 Å².